The summed E-state index contributed by atoms with van der Waals surface area (Å²) >= 11 is 0. The Kier molecular flexibility index (Phi) is 3.96. The molecule has 1 aliphatic heterocycles. The lowest BCUT2D eigenvalue weighted by Crippen LogP contribution is -2.39. The fourth-order valence-corrected chi connectivity index (χ4v) is 1.51. The van der Waals surface area contributed by atoms with Gasteiger partial charge in [-0.15, -0.1) is 6.58 Å². The lowest BCUT2D eigenvalue weighted by molar-refractivity contribution is -0.119. The highest BCUT2D eigenvalue weighted by Crippen LogP contribution is 2.05. The third-order valence-corrected chi connectivity index (χ3v) is 2.32. The van der Waals surface area contributed by atoms with E-state index in [1.54, 1.807) is 0 Å². The average Bonchev–Trinajstić information content (AvgIpc) is 2.49. The molecule has 13 heavy (non-hydrogen) atoms. The number of nitrogens with one attached hydrogen (secondary N) is 2. The minimum atomic E-state index is 0.183. The van der Waals surface area contributed by atoms with Crippen molar-refractivity contribution in [1.82, 2.24) is 10.6 Å². The van der Waals surface area contributed by atoms with Crippen LogP contribution >= 0.6 is 0 Å². The van der Waals surface area contributed by atoms with Gasteiger partial charge < -0.3 is 10.6 Å². The van der Waals surface area contributed by atoms with Crippen molar-refractivity contribution in [2.24, 2.45) is 0 Å². The largest absolute Gasteiger partial charge is 0.352 e. The van der Waals surface area contributed by atoms with Crippen LogP contribution in [0.2, 0.25) is 0 Å². The summed E-state index contributed by atoms with van der Waals surface area (Å²) in [4.78, 5) is 10.9. The van der Waals surface area contributed by atoms with Gasteiger partial charge in [-0.05, 0) is 19.8 Å². The first-order valence-electron chi connectivity index (χ1n) is 4.86. The Morgan fingerprint density at radius 1 is 1.85 bits per heavy atom. The molecule has 74 valence electrons. The number of carbonyl (C=O) groups excluding carboxylic acids is 1. The Morgan fingerprint density at radius 3 is 3.15 bits per heavy atom. The van der Waals surface area contributed by atoms with Gasteiger partial charge >= 0.3 is 0 Å². The molecule has 1 heterocycles. The second-order valence-electron chi connectivity index (χ2n) is 3.64. The van der Waals surface area contributed by atoms with Crippen LogP contribution in [0.25, 0.3) is 0 Å². The number of hydrogen-bond acceptors (Lipinski definition) is 2. The van der Waals surface area contributed by atoms with Gasteiger partial charge in [0.25, 0.3) is 0 Å². The lowest BCUT2D eigenvalue weighted by Gasteiger charge is -2.15. The van der Waals surface area contributed by atoms with Crippen LogP contribution in [-0.2, 0) is 4.79 Å². The van der Waals surface area contributed by atoms with Gasteiger partial charge in [0.1, 0.15) is 0 Å². The summed E-state index contributed by atoms with van der Waals surface area (Å²) < 4.78 is 0. The highest BCUT2D eigenvalue weighted by atomic mass is 16.1. The van der Waals surface area contributed by atoms with Crippen molar-refractivity contribution >= 4 is 5.91 Å². The lowest BCUT2D eigenvalue weighted by atomic mass is 10.2. The molecule has 2 atom stereocenters. The highest BCUT2D eigenvalue weighted by Gasteiger charge is 2.20. The maximum atomic E-state index is 10.9. The molecule has 0 bridgehead atoms. The number of amides is 1. The van der Waals surface area contributed by atoms with Crippen LogP contribution in [0.5, 0.6) is 0 Å². The van der Waals surface area contributed by atoms with E-state index in [0.29, 0.717) is 18.5 Å². The predicted octanol–water partition coefficient (Wildman–Crippen LogP) is 0.819. The standard InChI is InChI=1S/C10H18N2O/c1-3-4-8(2)11-7-9-5-6-10(13)12-9/h3,8-9,11H,1,4-7H2,2H3,(H,12,13). The van der Waals surface area contributed by atoms with E-state index < -0.39 is 0 Å². The average molecular weight is 182 g/mol. The Hall–Kier alpha value is -0.830. The molecule has 1 amide bonds. The zero-order valence-electron chi connectivity index (χ0n) is 8.18. The van der Waals surface area contributed by atoms with Crippen LogP contribution in [0, 0.1) is 0 Å². The summed E-state index contributed by atoms with van der Waals surface area (Å²) in [6.45, 7) is 6.68. The second-order valence-corrected chi connectivity index (χ2v) is 3.64. The smallest absolute Gasteiger partial charge is 0.220 e. The van der Waals surface area contributed by atoms with Crippen LogP contribution in [0.3, 0.4) is 0 Å². The molecule has 0 saturated carbocycles. The van der Waals surface area contributed by atoms with E-state index in [4.69, 9.17) is 0 Å². The van der Waals surface area contributed by atoms with Crippen LogP contribution in [-0.4, -0.2) is 24.5 Å². The molecular weight excluding hydrogens is 164 g/mol. The molecule has 0 aromatic carbocycles. The molecule has 2 unspecified atom stereocenters. The van der Waals surface area contributed by atoms with E-state index in [1.165, 1.54) is 0 Å². The first kappa shape index (κ1) is 10.3. The molecule has 0 spiro atoms. The summed E-state index contributed by atoms with van der Waals surface area (Å²) in [5.41, 5.74) is 0. The van der Waals surface area contributed by atoms with Crippen LogP contribution in [0.1, 0.15) is 26.2 Å². The number of hydrogen-bond donors (Lipinski definition) is 2. The molecule has 3 nitrogen and oxygen atoms in total. The van der Waals surface area contributed by atoms with E-state index >= 15 is 0 Å². The quantitative estimate of drug-likeness (QED) is 0.618. The molecule has 3 heteroatoms. The summed E-state index contributed by atoms with van der Waals surface area (Å²) in [6, 6.07) is 0.787. The van der Waals surface area contributed by atoms with Gasteiger partial charge in [0.05, 0.1) is 0 Å². The minimum absolute atomic E-state index is 0.183. The first-order chi connectivity index (χ1) is 6.22. The SMILES string of the molecule is C=CCC(C)NCC1CCC(=O)N1. The summed E-state index contributed by atoms with van der Waals surface area (Å²) in [5.74, 6) is 0.183. The molecule has 0 aliphatic carbocycles. The van der Waals surface area contributed by atoms with Crippen molar-refractivity contribution in [2.45, 2.75) is 38.3 Å². The van der Waals surface area contributed by atoms with Crippen molar-refractivity contribution in [3.63, 3.8) is 0 Å². The molecular formula is C10H18N2O. The topological polar surface area (TPSA) is 41.1 Å². The molecule has 1 fully saturated rings. The highest BCUT2D eigenvalue weighted by molar-refractivity contribution is 5.78. The van der Waals surface area contributed by atoms with E-state index in [1.807, 2.05) is 6.08 Å². The van der Waals surface area contributed by atoms with Crippen LogP contribution in [0.15, 0.2) is 12.7 Å². The monoisotopic (exact) mass is 182 g/mol. The summed E-state index contributed by atoms with van der Waals surface area (Å²) in [7, 11) is 0. The Labute approximate surface area is 79.6 Å². The Balaban J connectivity index is 2.11. The zero-order valence-corrected chi connectivity index (χ0v) is 8.18. The van der Waals surface area contributed by atoms with Crippen molar-refractivity contribution in [1.29, 1.82) is 0 Å². The Bertz CT molecular complexity index is 191. The van der Waals surface area contributed by atoms with E-state index in [2.05, 4.69) is 24.1 Å². The maximum Gasteiger partial charge on any atom is 0.220 e. The second kappa shape index (κ2) is 5.02. The molecule has 0 aromatic rings. The van der Waals surface area contributed by atoms with Crippen molar-refractivity contribution < 1.29 is 4.79 Å². The van der Waals surface area contributed by atoms with E-state index in [-0.39, 0.29) is 5.91 Å². The molecule has 0 aromatic heterocycles. The van der Waals surface area contributed by atoms with Gasteiger partial charge in [0.2, 0.25) is 5.91 Å². The number of rotatable bonds is 5. The van der Waals surface area contributed by atoms with E-state index in [0.717, 1.165) is 19.4 Å². The van der Waals surface area contributed by atoms with Gasteiger partial charge in [-0.2, -0.15) is 0 Å². The van der Waals surface area contributed by atoms with E-state index in [9.17, 15) is 4.79 Å². The summed E-state index contributed by atoms with van der Waals surface area (Å²) in [6.07, 6.45) is 4.53. The van der Waals surface area contributed by atoms with Crippen molar-refractivity contribution in [3.05, 3.63) is 12.7 Å². The molecule has 0 radical (unpaired) electrons. The third kappa shape index (κ3) is 3.59. The van der Waals surface area contributed by atoms with Gasteiger partial charge in [0, 0.05) is 25.0 Å². The van der Waals surface area contributed by atoms with Gasteiger partial charge in [-0.1, -0.05) is 6.08 Å². The number of carbonyl (C=O) groups is 1. The first-order valence-corrected chi connectivity index (χ1v) is 4.86. The van der Waals surface area contributed by atoms with Crippen molar-refractivity contribution in [3.8, 4) is 0 Å². The van der Waals surface area contributed by atoms with Gasteiger partial charge in [0.15, 0.2) is 0 Å². The Morgan fingerprint density at radius 2 is 2.62 bits per heavy atom. The molecule has 1 saturated heterocycles. The zero-order chi connectivity index (χ0) is 9.68. The normalized spacial score (nSPS) is 24.1. The summed E-state index contributed by atoms with van der Waals surface area (Å²) in [5, 5.41) is 6.28. The van der Waals surface area contributed by atoms with Gasteiger partial charge in [-0.3, -0.25) is 4.79 Å². The molecule has 2 N–H and O–H groups in total. The maximum absolute atomic E-state index is 10.9. The minimum Gasteiger partial charge on any atom is -0.352 e. The van der Waals surface area contributed by atoms with Gasteiger partial charge in [-0.25, -0.2) is 0 Å². The fraction of sp³-hybridized carbons (Fsp3) is 0.700. The molecule has 1 rings (SSSR count). The van der Waals surface area contributed by atoms with Crippen molar-refractivity contribution in [2.75, 3.05) is 6.54 Å². The third-order valence-electron chi connectivity index (χ3n) is 2.32. The van der Waals surface area contributed by atoms with Crippen LogP contribution in [0.4, 0.5) is 0 Å². The van der Waals surface area contributed by atoms with Crippen LogP contribution < -0.4 is 10.6 Å². The fourth-order valence-electron chi connectivity index (χ4n) is 1.51. The predicted molar refractivity (Wildman–Crippen MR) is 53.4 cm³/mol. The molecule has 1 aliphatic rings.